The Labute approximate surface area is 111 Å². The molecule has 2 heterocycles. The van der Waals surface area contributed by atoms with Crippen molar-refractivity contribution in [2.24, 2.45) is 5.73 Å². The molecule has 0 bridgehead atoms. The third-order valence-electron chi connectivity index (χ3n) is 2.97. The lowest BCUT2D eigenvalue weighted by Gasteiger charge is -2.06. The van der Waals surface area contributed by atoms with Crippen LogP contribution in [0.1, 0.15) is 32.7 Å². The smallest absolute Gasteiger partial charge is 0.0740 e. The van der Waals surface area contributed by atoms with Gasteiger partial charge in [-0.05, 0) is 59.0 Å². The van der Waals surface area contributed by atoms with Crippen molar-refractivity contribution in [2.45, 2.75) is 25.3 Å². The quantitative estimate of drug-likeness (QED) is 0.887. The molecule has 1 nitrogen and oxygen atoms in total. The second-order valence-corrected chi connectivity index (χ2v) is 7.73. The van der Waals surface area contributed by atoms with E-state index in [1.54, 1.807) is 16.2 Å². The van der Waals surface area contributed by atoms with Crippen molar-refractivity contribution in [1.29, 1.82) is 0 Å². The van der Waals surface area contributed by atoms with Crippen LogP contribution in [0.4, 0.5) is 0 Å². The summed E-state index contributed by atoms with van der Waals surface area (Å²) in [7, 11) is 0. The summed E-state index contributed by atoms with van der Waals surface area (Å²) in [4.78, 5) is 4.12. The van der Waals surface area contributed by atoms with Crippen molar-refractivity contribution >= 4 is 38.6 Å². The summed E-state index contributed by atoms with van der Waals surface area (Å²) in [5.41, 5.74) is 7.82. The van der Waals surface area contributed by atoms with E-state index in [1.807, 2.05) is 11.3 Å². The normalized spacial score (nSPS) is 16.4. The molecular formula is C12H12BrNS2. The van der Waals surface area contributed by atoms with E-state index >= 15 is 0 Å². The Morgan fingerprint density at radius 2 is 2.06 bits per heavy atom. The molecule has 0 aromatic carbocycles. The van der Waals surface area contributed by atoms with Crippen molar-refractivity contribution < 1.29 is 0 Å². The van der Waals surface area contributed by atoms with Gasteiger partial charge >= 0.3 is 0 Å². The fourth-order valence-electron chi connectivity index (χ4n) is 2.14. The van der Waals surface area contributed by atoms with Crippen molar-refractivity contribution in [3.63, 3.8) is 0 Å². The Balaban J connectivity index is 1.91. The van der Waals surface area contributed by atoms with Crippen LogP contribution in [0, 0.1) is 0 Å². The Hall–Kier alpha value is -0.160. The highest BCUT2D eigenvalue weighted by atomic mass is 79.9. The first-order valence-corrected chi connectivity index (χ1v) is 7.79. The molecule has 0 radical (unpaired) electrons. The number of thiophene rings is 2. The molecule has 0 aliphatic heterocycles. The third-order valence-corrected chi connectivity index (χ3v) is 6.00. The summed E-state index contributed by atoms with van der Waals surface area (Å²) in [5, 5.41) is 0. The Morgan fingerprint density at radius 3 is 2.75 bits per heavy atom. The van der Waals surface area contributed by atoms with Gasteiger partial charge in [0.15, 0.2) is 0 Å². The van der Waals surface area contributed by atoms with E-state index in [0.717, 1.165) is 3.79 Å². The average molecular weight is 314 g/mol. The SMILES string of the molecule is NC(c1ccc(Br)s1)c1cc2c(s1)CCC2. The van der Waals surface area contributed by atoms with Gasteiger partial charge in [0.1, 0.15) is 0 Å². The van der Waals surface area contributed by atoms with Crippen molar-refractivity contribution in [3.05, 3.63) is 42.2 Å². The molecule has 1 aliphatic rings. The maximum absolute atomic E-state index is 6.29. The maximum atomic E-state index is 6.29. The van der Waals surface area contributed by atoms with Gasteiger partial charge in [0.05, 0.1) is 9.83 Å². The number of nitrogens with two attached hydrogens (primary N) is 1. The minimum Gasteiger partial charge on any atom is -0.319 e. The molecule has 1 atom stereocenters. The monoisotopic (exact) mass is 313 g/mol. The minimum atomic E-state index is 0.0619. The second kappa shape index (κ2) is 4.26. The highest BCUT2D eigenvalue weighted by molar-refractivity contribution is 9.11. The molecule has 16 heavy (non-hydrogen) atoms. The lowest BCUT2D eigenvalue weighted by molar-refractivity contribution is 0.896. The van der Waals surface area contributed by atoms with E-state index in [2.05, 4.69) is 34.1 Å². The van der Waals surface area contributed by atoms with E-state index in [9.17, 15) is 0 Å². The average Bonchev–Trinajstić information content (AvgIpc) is 2.89. The molecule has 4 heteroatoms. The van der Waals surface area contributed by atoms with Gasteiger partial charge in [0.2, 0.25) is 0 Å². The molecule has 3 rings (SSSR count). The second-order valence-electron chi connectivity index (χ2n) is 4.07. The van der Waals surface area contributed by atoms with E-state index in [-0.39, 0.29) is 6.04 Å². The number of rotatable bonds is 2. The standard InChI is InChI=1S/C12H12BrNS2/c13-11-5-4-9(16-11)12(14)10-6-7-2-1-3-8(7)15-10/h4-6,12H,1-3,14H2. The van der Waals surface area contributed by atoms with E-state index in [4.69, 9.17) is 5.73 Å². The van der Waals surface area contributed by atoms with Gasteiger partial charge in [-0.1, -0.05) is 0 Å². The highest BCUT2D eigenvalue weighted by Gasteiger charge is 2.19. The lowest BCUT2D eigenvalue weighted by Crippen LogP contribution is -2.08. The zero-order chi connectivity index (χ0) is 11.1. The molecule has 1 unspecified atom stereocenters. The summed E-state index contributed by atoms with van der Waals surface area (Å²) in [5.74, 6) is 0. The predicted octanol–water partition coefficient (Wildman–Crippen LogP) is 4.11. The van der Waals surface area contributed by atoms with Crippen molar-refractivity contribution in [2.75, 3.05) is 0 Å². The molecule has 1 aliphatic carbocycles. The van der Waals surface area contributed by atoms with Crippen LogP contribution in [-0.2, 0) is 12.8 Å². The largest absolute Gasteiger partial charge is 0.319 e. The number of halogens is 1. The molecule has 84 valence electrons. The Bertz CT molecular complexity index is 493. The summed E-state index contributed by atoms with van der Waals surface area (Å²) < 4.78 is 1.15. The first kappa shape index (κ1) is 11.0. The van der Waals surface area contributed by atoms with E-state index in [0.29, 0.717) is 0 Å². The van der Waals surface area contributed by atoms with Gasteiger partial charge in [-0.2, -0.15) is 0 Å². The van der Waals surface area contributed by atoms with Crippen LogP contribution in [0.3, 0.4) is 0 Å². The number of aryl methyl sites for hydroxylation is 2. The molecular weight excluding hydrogens is 302 g/mol. The fourth-order valence-corrected chi connectivity index (χ4v) is 4.94. The Morgan fingerprint density at radius 1 is 1.19 bits per heavy atom. The summed E-state index contributed by atoms with van der Waals surface area (Å²) >= 11 is 7.11. The van der Waals surface area contributed by atoms with Gasteiger partial charge in [-0.15, -0.1) is 22.7 Å². The minimum absolute atomic E-state index is 0.0619. The summed E-state index contributed by atoms with van der Waals surface area (Å²) in [6.45, 7) is 0. The van der Waals surface area contributed by atoms with Crippen LogP contribution >= 0.6 is 38.6 Å². The number of hydrogen-bond acceptors (Lipinski definition) is 3. The van der Waals surface area contributed by atoms with Crippen LogP contribution < -0.4 is 5.73 Å². The van der Waals surface area contributed by atoms with E-state index in [1.165, 1.54) is 34.6 Å². The van der Waals surface area contributed by atoms with Crippen LogP contribution in [0.5, 0.6) is 0 Å². The maximum Gasteiger partial charge on any atom is 0.0740 e. The lowest BCUT2D eigenvalue weighted by atomic mass is 10.2. The molecule has 0 fully saturated rings. The topological polar surface area (TPSA) is 26.0 Å². The zero-order valence-corrected chi connectivity index (χ0v) is 11.9. The van der Waals surface area contributed by atoms with Crippen LogP contribution in [0.15, 0.2) is 22.0 Å². The van der Waals surface area contributed by atoms with E-state index < -0.39 is 0 Å². The predicted molar refractivity (Wildman–Crippen MR) is 74.4 cm³/mol. The zero-order valence-electron chi connectivity index (χ0n) is 8.70. The summed E-state index contributed by atoms with van der Waals surface area (Å²) in [6.07, 6.45) is 3.81. The number of hydrogen-bond donors (Lipinski definition) is 1. The van der Waals surface area contributed by atoms with Gasteiger partial charge in [-0.25, -0.2) is 0 Å². The van der Waals surface area contributed by atoms with Gasteiger partial charge in [0.25, 0.3) is 0 Å². The van der Waals surface area contributed by atoms with Gasteiger partial charge in [-0.3, -0.25) is 0 Å². The van der Waals surface area contributed by atoms with Gasteiger partial charge < -0.3 is 5.73 Å². The first-order chi connectivity index (χ1) is 7.74. The third kappa shape index (κ3) is 1.88. The van der Waals surface area contributed by atoms with Crippen LogP contribution in [0.25, 0.3) is 0 Å². The molecule has 0 amide bonds. The Kier molecular flexibility index (Phi) is 2.92. The molecule has 0 saturated heterocycles. The fraction of sp³-hybridized carbons (Fsp3) is 0.333. The number of fused-ring (bicyclic) bond motifs is 1. The van der Waals surface area contributed by atoms with Crippen LogP contribution in [-0.4, -0.2) is 0 Å². The highest BCUT2D eigenvalue weighted by Crippen LogP contribution is 2.37. The van der Waals surface area contributed by atoms with Crippen molar-refractivity contribution in [3.8, 4) is 0 Å². The first-order valence-electron chi connectivity index (χ1n) is 5.36. The van der Waals surface area contributed by atoms with Crippen molar-refractivity contribution in [1.82, 2.24) is 0 Å². The van der Waals surface area contributed by atoms with Crippen LogP contribution in [0.2, 0.25) is 0 Å². The molecule has 2 aromatic rings. The molecule has 2 aromatic heterocycles. The summed E-state index contributed by atoms with van der Waals surface area (Å²) in [6, 6.07) is 6.56. The molecule has 0 saturated carbocycles. The molecule has 0 spiro atoms. The van der Waals surface area contributed by atoms with Gasteiger partial charge in [0, 0.05) is 14.6 Å². The molecule has 2 N–H and O–H groups in total.